The summed E-state index contributed by atoms with van der Waals surface area (Å²) in [7, 11) is 0. The van der Waals surface area contributed by atoms with Crippen molar-refractivity contribution in [2.75, 3.05) is 0 Å². The Bertz CT molecular complexity index is 372. The number of rotatable bonds is 6. The van der Waals surface area contributed by atoms with Crippen LogP contribution in [0.25, 0.3) is 6.08 Å². The molecule has 92 valence electrons. The lowest BCUT2D eigenvalue weighted by Gasteiger charge is -2.17. The molecule has 1 rings (SSSR count). The van der Waals surface area contributed by atoms with Crippen LogP contribution in [0.1, 0.15) is 30.9 Å². The van der Waals surface area contributed by atoms with Gasteiger partial charge in [0.1, 0.15) is 6.10 Å². The van der Waals surface area contributed by atoms with Crippen molar-refractivity contribution in [1.29, 1.82) is 0 Å². The molecule has 0 aromatic heterocycles. The van der Waals surface area contributed by atoms with E-state index >= 15 is 0 Å². The molecule has 0 saturated heterocycles. The summed E-state index contributed by atoms with van der Waals surface area (Å²) < 4.78 is 5.44. The minimum Gasteiger partial charge on any atom is -0.468 e. The van der Waals surface area contributed by atoms with Gasteiger partial charge in [-0.25, -0.2) is 0 Å². The molecule has 0 radical (unpaired) electrons. The minimum absolute atomic E-state index is 0.0760. The zero-order valence-corrected chi connectivity index (χ0v) is 11.0. The molecule has 1 atom stereocenters. The molecule has 0 bridgehead atoms. The molecule has 0 saturated carbocycles. The Morgan fingerprint density at radius 3 is 2.59 bits per heavy atom. The van der Waals surface area contributed by atoms with Crippen molar-refractivity contribution in [2.24, 2.45) is 5.73 Å². The fourth-order valence-corrected chi connectivity index (χ4v) is 1.88. The average Bonchev–Trinajstić information content (AvgIpc) is 2.29. The van der Waals surface area contributed by atoms with Gasteiger partial charge in [-0.2, -0.15) is 0 Å². The third-order valence-corrected chi connectivity index (χ3v) is 2.67. The molecule has 0 fully saturated rings. The van der Waals surface area contributed by atoms with E-state index in [1.54, 1.807) is 0 Å². The highest BCUT2D eigenvalue weighted by Crippen LogP contribution is 2.12. The number of hydrogen-bond acceptors (Lipinski definition) is 2. The van der Waals surface area contributed by atoms with Gasteiger partial charge < -0.3 is 10.5 Å². The smallest absolute Gasteiger partial charge is 0.254 e. The second-order valence-corrected chi connectivity index (χ2v) is 4.40. The van der Waals surface area contributed by atoms with E-state index in [0.717, 1.165) is 24.8 Å². The minimum atomic E-state index is 0.0760. The summed E-state index contributed by atoms with van der Waals surface area (Å²) in [4.78, 5) is 0. The first kappa shape index (κ1) is 13.7. The highest BCUT2D eigenvalue weighted by Gasteiger charge is 2.10. The lowest BCUT2D eigenvalue weighted by molar-refractivity contribution is 0.180. The van der Waals surface area contributed by atoms with Gasteiger partial charge in [-0.3, -0.25) is 0 Å². The molecule has 17 heavy (non-hydrogen) atoms. The maximum Gasteiger partial charge on any atom is 0.254 e. The Labute approximate surface area is 108 Å². The highest BCUT2D eigenvalue weighted by atomic mass is 32.1. The maximum absolute atomic E-state index is 5.44. The van der Waals surface area contributed by atoms with E-state index in [-0.39, 0.29) is 11.3 Å². The van der Waals surface area contributed by atoms with E-state index in [1.807, 2.05) is 18.2 Å². The summed E-state index contributed by atoms with van der Waals surface area (Å²) in [5, 5.41) is 0.131. The van der Waals surface area contributed by atoms with Crippen LogP contribution >= 0.6 is 12.2 Å². The molecule has 2 nitrogen and oxygen atoms in total. The van der Waals surface area contributed by atoms with Gasteiger partial charge in [0, 0.05) is 6.42 Å². The highest BCUT2D eigenvalue weighted by molar-refractivity contribution is 7.80. The van der Waals surface area contributed by atoms with Gasteiger partial charge >= 0.3 is 0 Å². The summed E-state index contributed by atoms with van der Waals surface area (Å²) in [6, 6.07) is 8.27. The Morgan fingerprint density at radius 1 is 1.47 bits per heavy atom. The van der Waals surface area contributed by atoms with Crippen LogP contribution < -0.4 is 5.73 Å². The summed E-state index contributed by atoms with van der Waals surface area (Å²) >= 11 is 4.78. The summed E-state index contributed by atoms with van der Waals surface area (Å²) in [5.74, 6) is 0. The van der Waals surface area contributed by atoms with Crippen LogP contribution in [0.3, 0.4) is 0 Å². The predicted octanol–water partition coefficient (Wildman–Crippen LogP) is 3.30. The molecule has 2 N–H and O–H groups in total. The lowest BCUT2D eigenvalue weighted by atomic mass is 10.0. The van der Waals surface area contributed by atoms with E-state index in [2.05, 4.69) is 25.6 Å². The van der Waals surface area contributed by atoms with Crippen LogP contribution in [0.2, 0.25) is 0 Å². The molecule has 1 aromatic rings. The summed E-state index contributed by atoms with van der Waals surface area (Å²) in [5.41, 5.74) is 7.77. The summed E-state index contributed by atoms with van der Waals surface area (Å²) in [6.45, 7) is 5.85. The normalized spacial score (nSPS) is 11.8. The zero-order chi connectivity index (χ0) is 12.7. The van der Waals surface area contributed by atoms with Gasteiger partial charge in [0.05, 0.1) is 0 Å². The zero-order valence-electron chi connectivity index (χ0n) is 10.2. The van der Waals surface area contributed by atoms with Gasteiger partial charge in [0.2, 0.25) is 0 Å². The van der Waals surface area contributed by atoms with Gasteiger partial charge in [0.25, 0.3) is 5.17 Å². The standard InChI is InChI=1S/C14H19NOS/c1-3-5-13(16-14(15)17)10-12-8-6-11(4-2)7-9-12/h4,6-9,13H,2-3,5,10H2,1H3,(H2,15,17). The van der Waals surface area contributed by atoms with Crippen molar-refractivity contribution >= 4 is 23.5 Å². The van der Waals surface area contributed by atoms with Gasteiger partial charge in [-0.1, -0.05) is 50.3 Å². The molecule has 0 aliphatic carbocycles. The molecule has 0 amide bonds. The van der Waals surface area contributed by atoms with Crippen LogP contribution in [0.4, 0.5) is 0 Å². The van der Waals surface area contributed by atoms with Gasteiger partial charge in [-0.05, 0) is 29.8 Å². The van der Waals surface area contributed by atoms with Crippen molar-refractivity contribution in [3.8, 4) is 0 Å². The molecule has 1 aromatic carbocycles. The van der Waals surface area contributed by atoms with E-state index in [1.165, 1.54) is 5.56 Å². The van der Waals surface area contributed by atoms with Crippen molar-refractivity contribution in [3.63, 3.8) is 0 Å². The second kappa shape index (κ2) is 7.07. The number of benzene rings is 1. The first-order valence-electron chi connectivity index (χ1n) is 5.83. The fraction of sp³-hybridized carbons (Fsp3) is 0.357. The molecule has 0 aliphatic rings. The van der Waals surface area contributed by atoms with Gasteiger partial charge in [0.15, 0.2) is 0 Å². The van der Waals surface area contributed by atoms with Gasteiger partial charge in [-0.15, -0.1) is 0 Å². The number of thiocarbonyl (C=S) groups is 1. The van der Waals surface area contributed by atoms with E-state index in [0.29, 0.717) is 0 Å². The molecule has 0 heterocycles. The first-order chi connectivity index (χ1) is 8.15. The van der Waals surface area contributed by atoms with E-state index in [9.17, 15) is 0 Å². The SMILES string of the molecule is C=Cc1ccc(CC(CCC)OC(N)=S)cc1. The Morgan fingerprint density at radius 2 is 2.12 bits per heavy atom. The van der Waals surface area contributed by atoms with Crippen molar-refractivity contribution in [2.45, 2.75) is 32.3 Å². The number of nitrogens with two attached hydrogens (primary N) is 1. The Kier molecular flexibility index (Phi) is 5.70. The van der Waals surface area contributed by atoms with Crippen LogP contribution in [0.5, 0.6) is 0 Å². The largest absolute Gasteiger partial charge is 0.468 e. The Hall–Kier alpha value is -1.35. The second-order valence-electron chi connectivity index (χ2n) is 4.00. The van der Waals surface area contributed by atoms with Crippen molar-refractivity contribution in [3.05, 3.63) is 42.0 Å². The van der Waals surface area contributed by atoms with Crippen LogP contribution in [0.15, 0.2) is 30.8 Å². The van der Waals surface area contributed by atoms with Crippen LogP contribution in [-0.2, 0) is 11.2 Å². The predicted molar refractivity (Wildman–Crippen MR) is 76.8 cm³/mol. The maximum atomic E-state index is 5.44. The molecular weight excluding hydrogens is 230 g/mol. The third kappa shape index (κ3) is 5.00. The molecular formula is C14H19NOS. The van der Waals surface area contributed by atoms with Crippen LogP contribution in [-0.4, -0.2) is 11.3 Å². The molecule has 0 spiro atoms. The molecule has 3 heteroatoms. The lowest BCUT2D eigenvalue weighted by Crippen LogP contribution is -2.24. The van der Waals surface area contributed by atoms with Crippen LogP contribution in [0, 0.1) is 0 Å². The first-order valence-corrected chi connectivity index (χ1v) is 6.24. The van der Waals surface area contributed by atoms with E-state index < -0.39 is 0 Å². The van der Waals surface area contributed by atoms with Crippen molar-refractivity contribution < 1.29 is 4.74 Å². The number of ether oxygens (including phenoxy) is 1. The molecule has 1 unspecified atom stereocenters. The van der Waals surface area contributed by atoms with E-state index in [4.69, 9.17) is 22.7 Å². The quantitative estimate of drug-likeness (QED) is 0.786. The van der Waals surface area contributed by atoms with Crippen molar-refractivity contribution in [1.82, 2.24) is 0 Å². The molecule has 0 aliphatic heterocycles. The monoisotopic (exact) mass is 249 g/mol. The average molecular weight is 249 g/mol. The number of hydrogen-bond donors (Lipinski definition) is 1. The topological polar surface area (TPSA) is 35.2 Å². The Balaban J connectivity index is 2.64. The summed E-state index contributed by atoms with van der Waals surface area (Å²) in [6.07, 6.45) is 4.76. The fourth-order valence-electron chi connectivity index (χ4n) is 1.74. The third-order valence-electron chi connectivity index (χ3n) is 2.57.